The quantitative estimate of drug-likeness (QED) is 0.496. The van der Waals surface area contributed by atoms with Crippen LogP contribution in [0.3, 0.4) is 0 Å². The lowest BCUT2D eigenvalue weighted by molar-refractivity contribution is -0.133. The summed E-state index contributed by atoms with van der Waals surface area (Å²) in [5.41, 5.74) is 2.28. The second kappa shape index (κ2) is 9.44. The fourth-order valence-corrected chi connectivity index (χ4v) is 3.12. The molecule has 0 amide bonds. The van der Waals surface area contributed by atoms with E-state index in [1.54, 1.807) is 31.4 Å². The van der Waals surface area contributed by atoms with Gasteiger partial charge in [0.15, 0.2) is 5.78 Å². The molecular weight excluding hydrogens is 404 g/mol. The van der Waals surface area contributed by atoms with E-state index >= 15 is 0 Å². The maximum absolute atomic E-state index is 12.4. The number of rotatable bonds is 8. The zero-order chi connectivity index (χ0) is 18.2. The summed E-state index contributed by atoms with van der Waals surface area (Å²) >= 11 is 4.63. The number of carbonyl (C=O) groups is 2. The number of thioether (sulfide) groups is 1. The molecule has 4 nitrogen and oxygen atoms in total. The second-order valence-corrected chi connectivity index (χ2v) is 7.06. The number of benzene rings is 2. The van der Waals surface area contributed by atoms with Crippen molar-refractivity contribution in [1.82, 2.24) is 0 Å². The molecule has 0 saturated heterocycles. The van der Waals surface area contributed by atoms with Crippen molar-refractivity contribution < 1.29 is 19.4 Å². The summed E-state index contributed by atoms with van der Waals surface area (Å²) in [7, 11) is 1.55. The van der Waals surface area contributed by atoms with Crippen LogP contribution in [0.5, 0.6) is 5.75 Å². The van der Waals surface area contributed by atoms with Crippen molar-refractivity contribution in [3.05, 3.63) is 69.7 Å². The Morgan fingerprint density at radius 1 is 1.20 bits per heavy atom. The maximum atomic E-state index is 12.4. The van der Waals surface area contributed by atoms with Gasteiger partial charge in [-0.15, -0.1) is 11.8 Å². The SMILES string of the molecule is COc1ccc(C(=O)/C=C/c2ccc(Br)cc2)cc1CSCC(=O)O. The fraction of sp³-hybridized carbons (Fsp3) is 0.158. The van der Waals surface area contributed by atoms with Gasteiger partial charge < -0.3 is 9.84 Å². The normalized spacial score (nSPS) is 10.8. The largest absolute Gasteiger partial charge is 0.496 e. The molecule has 0 aliphatic carbocycles. The van der Waals surface area contributed by atoms with Crippen molar-refractivity contribution in [2.24, 2.45) is 0 Å². The Hall–Kier alpha value is -2.05. The van der Waals surface area contributed by atoms with Gasteiger partial charge in [0.2, 0.25) is 0 Å². The predicted molar refractivity (Wildman–Crippen MR) is 104 cm³/mol. The molecule has 130 valence electrons. The van der Waals surface area contributed by atoms with E-state index in [0.717, 1.165) is 15.6 Å². The average Bonchev–Trinajstić information content (AvgIpc) is 2.60. The Morgan fingerprint density at radius 2 is 1.92 bits per heavy atom. The van der Waals surface area contributed by atoms with Crippen molar-refractivity contribution in [3.63, 3.8) is 0 Å². The van der Waals surface area contributed by atoms with E-state index in [9.17, 15) is 9.59 Å². The molecule has 6 heteroatoms. The number of hydrogen-bond donors (Lipinski definition) is 1. The lowest BCUT2D eigenvalue weighted by Crippen LogP contribution is -2.01. The Kier molecular flexibility index (Phi) is 7.28. The number of halogens is 1. The van der Waals surface area contributed by atoms with Crippen molar-refractivity contribution in [1.29, 1.82) is 0 Å². The molecule has 0 aliphatic rings. The van der Waals surface area contributed by atoms with Gasteiger partial charge in [-0.1, -0.05) is 34.1 Å². The molecule has 0 heterocycles. The fourth-order valence-electron chi connectivity index (χ4n) is 2.13. The average molecular weight is 421 g/mol. The number of carbonyl (C=O) groups excluding carboxylic acids is 1. The summed E-state index contributed by atoms with van der Waals surface area (Å²) in [5, 5.41) is 8.74. The molecule has 0 unspecified atom stereocenters. The van der Waals surface area contributed by atoms with Gasteiger partial charge in [0.25, 0.3) is 0 Å². The smallest absolute Gasteiger partial charge is 0.313 e. The van der Waals surface area contributed by atoms with Crippen molar-refractivity contribution >= 4 is 45.5 Å². The molecule has 0 saturated carbocycles. The number of hydrogen-bond acceptors (Lipinski definition) is 4. The van der Waals surface area contributed by atoms with Gasteiger partial charge in [-0.3, -0.25) is 9.59 Å². The van der Waals surface area contributed by atoms with Crippen LogP contribution in [0.1, 0.15) is 21.5 Å². The van der Waals surface area contributed by atoms with Crippen LogP contribution in [0.15, 0.2) is 53.0 Å². The summed E-state index contributed by atoms with van der Waals surface area (Å²) < 4.78 is 6.26. The van der Waals surface area contributed by atoms with Crippen LogP contribution in [-0.2, 0) is 10.5 Å². The van der Waals surface area contributed by atoms with Gasteiger partial charge in [-0.2, -0.15) is 0 Å². The van der Waals surface area contributed by atoms with Crippen LogP contribution in [-0.4, -0.2) is 29.7 Å². The molecule has 0 bridgehead atoms. The van der Waals surface area contributed by atoms with E-state index in [2.05, 4.69) is 15.9 Å². The van der Waals surface area contributed by atoms with Crippen LogP contribution in [0.4, 0.5) is 0 Å². The minimum Gasteiger partial charge on any atom is -0.496 e. The molecule has 0 fully saturated rings. The van der Waals surface area contributed by atoms with Crippen molar-refractivity contribution in [3.8, 4) is 5.75 Å². The van der Waals surface area contributed by atoms with Gasteiger partial charge in [-0.05, 0) is 42.0 Å². The van der Waals surface area contributed by atoms with Crippen LogP contribution < -0.4 is 4.74 Å². The molecule has 1 N–H and O–H groups in total. The number of carboxylic acid groups (broad SMARTS) is 1. The third-order valence-electron chi connectivity index (χ3n) is 3.35. The number of ether oxygens (including phenoxy) is 1. The lowest BCUT2D eigenvalue weighted by atomic mass is 10.1. The zero-order valence-corrected chi connectivity index (χ0v) is 16.0. The summed E-state index contributed by atoms with van der Waals surface area (Å²) in [5.74, 6) is 0.132. The molecule has 0 spiro atoms. The van der Waals surface area contributed by atoms with E-state index in [4.69, 9.17) is 9.84 Å². The Balaban J connectivity index is 2.13. The molecular formula is C19H17BrO4S. The maximum Gasteiger partial charge on any atom is 0.313 e. The minimum atomic E-state index is -0.867. The topological polar surface area (TPSA) is 63.6 Å². The minimum absolute atomic E-state index is 0.00476. The number of aliphatic carboxylic acids is 1. The molecule has 25 heavy (non-hydrogen) atoms. The van der Waals surface area contributed by atoms with Gasteiger partial charge in [0.1, 0.15) is 5.75 Å². The standard InChI is InChI=1S/C19H17BrO4S/c1-24-18-9-5-14(10-15(18)11-25-12-19(22)23)17(21)8-4-13-2-6-16(20)7-3-13/h2-10H,11-12H2,1H3,(H,22,23)/b8-4+. The van der Waals surface area contributed by atoms with Crippen LogP contribution >= 0.6 is 27.7 Å². The van der Waals surface area contributed by atoms with Crippen LogP contribution in [0, 0.1) is 0 Å². The van der Waals surface area contributed by atoms with Crippen LogP contribution in [0.2, 0.25) is 0 Å². The van der Waals surface area contributed by atoms with Gasteiger partial charge in [0.05, 0.1) is 12.9 Å². The lowest BCUT2D eigenvalue weighted by Gasteiger charge is -2.09. The highest BCUT2D eigenvalue weighted by Gasteiger charge is 2.09. The first-order valence-electron chi connectivity index (χ1n) is 7.44. The summed E-state index contributed by atoms with van der Waals surface area (Å²) in [4.78, 5) is 23.0. The van der Waals surface area contributed by atoms with Crippen molar-refractivity contribution in [2.45, 2.75) is 5.75 Å². The summed E-state index contributed by atoms with van der Waals surface area (Å²) in [6.45, 7) is 0. The van der Waals surface area contributed by atoms with E-state index in [1.807, 2.05) is 24.3 Å². The Labute approximate surface area is 159 Å². The number of ketones is 1. The molecule has 2 rings (SSSR count). The van der Waals surface area contributed by atoms with E-state index in [-0.39, 0.29) is 11.5 Å². The second-order valence-electron chi connectivity index (χ2n) is 5.16. The van der Waals surface area contributed by atoms with E-state index in [1.165, 1.54) is 17.8 Å². The zero-order valence-electron chi connectivity index (χ0n) is 13.6. The first kappa shape index (κ1) is 19.3. The number of methoxy groups -OCH3 is 1. The first-order valence-corrected chi connectivity index (χ1v) is 9.39. The summed E-state index contributed by atoms with van der Waals surface area (Å²) in [6, 6.07) is 12.8. The van der Waals surface area contributed by atoms with Gasteiger partial charge >= 0.3 is 5.97 Å². The Morgan fingerprint density at radius 3 is 2.56 bits per heavy atom. The van der Waals surface area contributed by atoms with Gasteiger partial charge in [-0.25, -0.2) is 0 Å². The monoisotopic (exact) mass is 420 g/mol. The van der Waals surface area contributed by atoms with Crippen LogP contribution in [0.25, 0.3) is 6.08 Å². The predicted octanol–water partition coefficient (Wildman–Crippen LogP) is 4.67. The Bertz CT molecular complexity index is 785. The number of carboxylic acids is 1. The van der Waals surface area contributed by atoms with Crippen molar-refractivity contribution in [2.75, 3.05) is 12.9 Å². The van der Waals surface area contributed by atoms with E-state index in [0.29, 0.717) is 17.1 Å². The highest BCUT2D eigenvalue weighted by Crippen LogP contribution is 2.25. The number of allylic oxidation sites excluding steroid dienone is 1. The molecule has 0 atom stereocenters. The molecule has 0 aromatic heterocycles. The molecule has 0 aliphatic heterocycles. The van der Waals surface area contributed by atoms with Gasteiger partial charge in [0, 0.05) is 21.4 Å². The molecule has 2 aromatic rings. The third kappa shape index (κ3) is 6.07. The third-order valence-corrected chi connectivity index (χ3v) is 4.84. The highest BCUT2D eigenvalue weighted by atomic mass is 79.9. The summed E-state index contributed by atoms with van der Waals surface area (Å²) in [6.07, 6.45) is 3.29. The molecule has 0 radical (unpaired) electrons. The highest BCUT2D eigenvalue weighted by molar-refractivity contribution is 9.10. The first-order chi connectivity index (χ1) is 12.0. The molecule has 2 aromatic carbocycles. The van der Waals surface area contributed by atoms with E-state index < -0.39 is 5.97 Å².